The smallest absolute Gasteiger partial charge is 0.260 e. The Balaban J connectivity index is 0.925. The summed E-state index contributed by atoms with van der Waals surface area (Å²) in [6.07, 6.45) is 0. The average Bonchev–Trinajstić information content (AvgIpc) is 1.04. The minimum atomic E-state index is -0.140. The lowest BCUT2D eigenvalue weighted by molar-refractivity contribution is 0.461. The van der Waals surface area contributed by atoms with E-state index in [1.165, 1.54) is 49.8 Å². The molecule has 8 aliphatic rings. The molecule has 11 aromatic carbocycles. The van der Waals surface area contributed by atoms with Gasteiger partial charge in [-0.05, 0) is 171 Å². The van der Waals surface area contributed by atoms with Gasteiger partial charge in [-0.25, -0.2) is 0 Å². The third kappa shape index (κ3) is 5.68. The molecule has 11 heteroatoms. The van der Waals surface area contributed by atoms with E-state index in [0.717, 1.165) is 135 Å². The normalized spacial score (nSPS) is 14.6. The monoisotopic (exact) mass is 1040 g/mol. The molecule has 376 valence electrons. The molecule has 0 aromatic heterocycles. The third-order valence-electron chi connectivity index (χ3n) is 18.7. The van der Waals surface area contributed by atoms with Crippen LogP contribution in [0.15, 0.2) is 200 Å². The lowest BCUT2D eigenvalue weighted by atomic mass is 9.27. The number of hydrogen-bond acceptors (Lipinski definition) is 7. The molecule has 7 nitrogen and oxygen atoms in total. The van der Waals surface area contributed by atoms with Crippen molar-refractivity contribution in [2.75, 3.05) is 14.7 Å². The summed E-state index contributed by atoms with van der Waals surface area (Å²) in [5, 5.41) is 0. The van der Waals surface area contributed by atoms with Gasteiger partial charge >= 0.3 is 0 Å². The van der Waals surface area contributed by atoms with Crippen LogP contribution in [0.1, 0.15) is 22.3 Å². The SMILES string of the molecule is Cc1cc2c3c(c1)Oc1c(C)cccc1B3c1cc3c(cc1O2)N(c1ccccc1)c1cc2c4c5c1B3c1ccccc1N5c1ccccc1B4c1cc3c(cc1N2c1ccccc1)Oc1cc(C)cc2c1B3c1cccc(C)c1O2. The fraction of sp³-hybridized carbons (Fsp3) is 0.0571. The molecule has 0 saturated heterocycles. The molecule has 0 amide bonds. The second kappa shape index (κ2) is 15.6. The highest BCUT2D eigenvalue weighted by molar-refractivity contribution is 7.06. The van der Waals surface area contributed by atoms with Crippen molar-refractivity contribution >= 4 is 144 Å². The van der Waals surface area contributed by atoms with Crippen LogP contribution in [0.5, 0.6) is 46.0 Å². The molecule has 0 saturated carbocycles. The fourth-order valence-electron chi connectivity index (χ4n) is 15.6. The molecule has 0 bridgehead atoms. The van der Waals surface area contributed by atoms with Gasteiger partial charge in [-0.3, -0.25) is 0 Å². The van der Waals surface area contributed by atoms with Crippen LogP contribution < -0.4 is 99.2 Å². The van der Waals surface area contributed by atoms with E-state index in [-0.39, 0.29) is 26.9 Å². The van der Waals surface area contributed by atoms with Gasteiger partial charge in [0.2, 0.25) is 0 Å². The molecule has 19 rings (SSSR count). The molecular weight excluding hydrogens is 990 g/mol. The molecule has 0 atom stereocenters. The van der Waals surface area contributed by atoms with Crippen molar-refractivity contribution in [1.29, 1.82) is 0 Å². The van der Waals surface area contributed by atoms with Crippen molar-refractivity contribution in [3.8, 4) is 46.0 Å². The van der Waals surface area contributed by atoms with Gasteiger partial charge in [-0.2, -0.15) is 0 Å². The molecule has 8 heterocycles. The Morgan fingerprint density at radius 1 is 0.272 bits per heavy atom. The molecule has 0 aliphatic carbocycles. The van der Waals surface area contributed by atoms with Crippen molar-refractivity contribution < 1.29 is 18.9 Å². The first kappa shape index (κ1) is 44.2. The maximum atomic E-state index is 7.23. The summed E-state index contributed by atoms with van der Waals surface area (Å²) in [7, 11) is 0. The Morgan fingerprint density at radius 3 is 1.12 bits per heavy atom. The Labute approximate surface area is 470 Å². The number of hydrogen-bond donors (Lipinski definition) is 0. The van der Waals surface area contributed by atoms with Gasteiger partial charge in [0.1, 0.15) is 46.0 Å². The van der Waals surface area contributed by atoms with Gasteiger partial charge in [-0.15, -0.1) is 0 Å². The van der Waals surface area contributed by atoms with E-state index in [9.17, 15) is 0 Å². The number of ether oxygens (including phenoxy) is 4. The fourth-order valence-corrected chi connectivity index (χ4v) is 15.6. The second-order valence-corrected chi connectivity index (χ2v) is 23.3. The number of anilines is 9. The number of rotatable bonds is 2. The predicted molar refractivity (Wildman–Crippen MR) is 334 cm³/mol. The van der Waals surface area contributed by atoms with E-state index in [4.69, 9.17) is 18.9 Å². The Kier molecular flexibility index (Phi) is 8.48. The van der Waals surface area contributed by atoms with Crippen LogP contribution in [0.3, 0.4) is 0 Å². The predicted octanol–water partition coefficient (Wildman–Crippen LogP) is 9.07. The average molecular weight is 1040 g/mol. The first-order valence-corrected chi connectivity index (χ1v) is 28.3. The Hall–Kier alpha value is -9.72. The zero-order valence-electron chi connectivity index (χ0n) is 44.8. The van der Waals surface area contributed by atoms with Gasteiger partial charge in [0.15, 0.2) is 0 Å². The Morgan fingerprint density at radius 2 is 0.667 bits per heavy atom. The molecule has 11 aromatic rings. The van der Waals surface area contributed by atoms with Gasteiger partial charge < -0.3 is 33.6 Å². The van der Waals surface area contributed by atoms with Gasteiger partial charge in [-0.1, -0.05) is 121 Å². The molecule has 0 radical (unpaired) electrons. The first-order valence-electron chi connectivity index (χ1n) is 28.3. The van der Waals surface area contributed by atoms with E-state index in [0.29, 0.717) is 0 Å². The standard InChI is InChI=1S/C70H45B4N3O4/c1-38-29-60-66-62(31-38)80-69-40(3)17-15-25-46(69)73(66)50-33-48-54(36-58(50)78-60)75(42-19-7-5-8-20-42)56-35-57-65-68-64(56)71(48)44-23-11-13-27-52(44)77(68)53-28-14-12-24-45(53)72(65)49-34-51-59(37-55(49)76(57)43-21-9-6-10-22-43)79-61-30-39(2)32-63-67(61)74(51)47-26-16-18-41(4)70(47)81-63/h5-37H,1-4H3. The van der Waals surface area contributed by atoms with Crippen LogP contribution in [0.4, 0.5) is 51.2 Å². The number of fused-ring (bicyclic) bond motifs is 18. The lowest BCUT2D eigenvalue weighted by Gasteiger charge is -2.51. The summed E-state index contributed by atoms with van der Waals surface area (Å²) in [4.78, 5) is 7.67. The van der Waals surface area contributed by atoms with E-state index < -0.39 is 0 Å². The van der Waals surface area contributed by atoms with Crippen molar-refractivity contribution in [3.05, 3.63) is 222 Å². The first-order chi connectivity index (χ1) is 39.8. The number of nitrogens with zero attached hydrogens (tertiary/aromatic N) is 3. The van der Waals surface area contributed by atoms with Crippen molar-refractivity contribution in [1.82, 2.24) is 0 Å². The number of aryl methyl sites for hydroxylation is 4. The van der Waals surface area contributed by atoms with Crippen LogP contribution in [-0.4, -0.2) is 26.9 Å². The van der Waals surface area contributed by atoms with Crippen molar-refractivity contribution in [2.45, 2.75) is 27.7 Å². The van der Waals surface area contributed by atoms with E-state index >= 15 is 0 Å². The van der Waals surface area contributed by atoms with E-state index in [1.807, 2.05) is 0 Å². The van der Waals surface area contributed by atoms with Crippen LogP contribution in [-0.2, 0) is 0 Å². The summed E-state index contributed by atoms with van der Waals surface area (Å²) >= 11 is 0. The second-order valence-electron chi connectivity index (χ2n) is 23.3. The van der Waals surface area contributed by atoms with Crippen LogP contribution in [0.25, 0.3) is 0 Å². The van der Waals surface area contributed by atoms with Gasteiger partial charge in [0.05, 0.1) is 0 Å². The molecule has 0 unspecified atom stereocenters. The van der Waals surface area contributed by atoms with E-state index in [1.54, 1.807) is 0 Å². The third-order valence-corrected chi connectivity index (χ3v) is 18.7. The molecule has 0 spiro atoms. The zero-order chi connectivity index (χ0) is 53.3. The lowest BCUT2D eigenvalue weighted by Crippen LogP contribution is -2.69. The Bertz CT molecular complexity index is 4430. The highest BCUT2D eigenvalue weighted by atomic mass is 16.5. The van der Waals surface area contributed by atoms with Crippen molar-refractivity contribution in [2.24, 2.45) is 0 Å². The van der Waals surface area contributed by atoms with Gasteiger partial charge in [0.25, 0.3) is 26.9 Å². The number of para-hydroxylation sites is 6. The van der Waals surface area contributed by atoms with Crippen LogP contribution >= 0.6 is 0 Å². The topological polar surface area (TPSA) is 46.6 Å². The summed E-state index contributed by atoms with van der Waals surface area (Å²) in [6, 6.07) is 74.4. The molecule has 0 fully saturated rings. The maximum absolute atomic E-state index is 7.23. The van der Waals surface area contributed by atoms with E-state index in [2.05, 4.69) is 243 Å². The van der Waals surface area contributed by atoms with Gasteiger partial charge in [0, 0.05) is 74.2 Å². The summed E-state index contributed by atoms with van der Waals surface area (Å²) in [5.41, 5.74) is 29.0. The quantitative estimate of drug-likeness (QED) is 0.160. The molecule has 0 N–H and O–H groups in total. The molecule has 8 aliphatic heterocycles. The van der Waals surface area contributed by atoms with Crippen molar-refractivity contribution in [3.63, 3.8) is 0 Å². The highest BCUT2D eigenvalue weighted by Crippen LogP contribution is 2.51. The summed E-state index contributed by atoms with van der Waals surface area (Å²) < 4.78 is 28.2. The largest absolute Gasteiger partial charge is 0.458 e. The summed E-state index contributed by atoms with van der Waals surface area (Å²) in [5.74, 6) is 6.99. The zero-order valence-corrected chi connectivity index (χ0v) is 44.8. The highest BCUT2D eigenvalue weighted by Gasteiger charge is 2.54. The minimum absolute atomic E-state index is 0.0992. The molecule has 81 heavy (non-hydrogen) atoms. The number of benzene rings is 11. The summed E-state index contributed by atoms with van der Waals surface area (Å²) in [6.45, 7) is 8.09. The van der Waals surface area contributed by atoms with Crippen LogP contribution in [0.2, 0.25) is 0 Å². The minimum Gasteiger partial charge on any atom is -0.458 e. The maximum Gasteiger partial charge on any atom is 0.260 e. The molecular formula is C70H45B4N3O4. The van der Waals surface area contributed by atoms with Crippen LogP contribution in [0, 0.1) is 27.7 Å².